The van der Waals surface area contributed by atoms with Crippen LogP contribution in [0.25, 0.3) is 10.8 Å². The van der Waals surface area contributed by atoms with E-state index in [1.54, 1.807) is 0 Å². The molecule has 0 nitrogen and oxygen atoms in total. The summed E-state index contributed by atoms with van der Waals surface area (Å²) >= 11 is 1.81. The van der Waals surface area contributed by atoms with Crippen molar-refractivity contribution in [1.29, 1.82) is 0 Å². The summed E-state index contributed by atoms with van der Waals surface area (Å²) in [5.41, 5.74) is 0. The van der Waals surface area contributed by atoms with E-state index in [0.717, 1.165) is 0 Å². The molecule has 2 atom stereocenters. The van der Waals surface area contributed by atoms with Crippen molar-refractivity contribution in [3.63, 3.8) is 0 Å². The molecule has 0 saturated heterocycles. The Kier molecular flexibility index (Phi) is 1.97. The van der Waals surface area contributed by atoms with Gasteiger partial charge in [0.15, 0.2) is 0 Å². The Balaban J connectivity index is 2.95. The minimum absolute atomic E-state index is 1.32. The summed E-state index contributed by atoms with van der Waals surface area (Å²) in [6.07, 6.45) is 0. The molecule has 0 bridgehead atoms. The SMILES string of the molecule is Pc1sc(P)c2ccccc12. The molecule has 3 heteroatoms. The van der Waals surface area contributed by atoms with Gasteiger partial charge in [-0.05, 0) is 0 Å². The van der Waals surface area contributed by atoms with Gasteiger partial charge in [0.2, 0.25) is 0 Å². The minimum Gasteiger partial charge on any atom is -0.135 e. The number of hydrogen-bond acceptors (Lipinski definition) is 1. The average molecular weight is 198 g/mol. The van der Waals surface area contributed by atoms with Crippen LogP contribution in [0.1, 0.15) is 0 Å². The lowest BCUT2D eigenvalue weighted by atomic mass is 10.2. The molecular formula is C8H8P2S. The predicted octanol–water partition coefficient (Wildman–Crippen LogP) is 1.90. The Labute approximate surface area is 74.4 Å². The van der Waals surface area contributed by atoms with Crippen LogP contribution in [0.3, 0.4) is 0 Å². The molecule has 1 aromatic carbocycles. The largest absolute Gasteiger partial charge is 0.135 e. The molecule has 0 aliphatic carbocycles. The summed E-state index contributed by atoms with van der Waals surface area (Å²) < 4.78 is 2.65. The van der Waals surface area contributed by atoms with E-state index in [1.165, 1.54) is 20.0 Å². The van der Waals surface area contributed by atoms with Crippen LogP contribution in [0, 0.1) is 0 Å². The molecule has 2 aromatic rings. The summed E-state index contributed by atoms with van der Waals surface area (Å²) in [5.74, 6) is 0. The third-order valence-corrected chi connectivity index (χ3v) is 3.89. The van der Waals surface area contributed by atoms with Crippen molar-refractivity contribution in [2.45, 2.75) is 0 Å². The van der Waals surface area contributed by atoms with Crippen molar-refractivity contribution in [2.24, 2.45) is 0 Å². The van der Waals surface area contributed by atoms with Crippen LogP contribution < -0.4 is 9.24 Å². The van der Waals surface area contributed by atoms with Gasteiger partial charge in [0.25, 0.3) is 0 Å². The van der Waals surface area contributed by atoms with Gasteiger partial charge in [-0.1, -0.05) is 42.7 Å². The van der Waals surface area contributed by atoms with Gasteiger partial charge >= 0.3 is 0 Å². The Morgan fingerprint density at radius 2 is 1.36 bits per heavy atom. The van der Waals surface area contributed by atoms with E-state index >= 15 is 0 Å². The van der Waals surface area contributed by atoms with Crippen LogP contribution in [-0.2, 0) is 0 Å². The zero-order valence-electron chi connectivity index (χ0n) is 5.87. The third-order valence-electron chi connectivity index (χ3n) is 1.68. The number of thiophene rings is 1. The first kappa shape index (κ1) is 7.68. The molecule has 0 saturated carbocycles. The molecule has 0 radical (unpaired) electrons. The van der Waals surface area contributed by atoms with Crippen molar-refractivity contribution in [1.82, 2.24) is 0 Å². The highest BCUT2D eigenvalue weighted by Gasteiger charge is 2.01. The van der Waals surface area contributed by atoms with E-state index in [0.29, 0.717) is 0 Å². The zero-order valence-corrected chi connectivity index (χ0v) is 9.00. The van der Waals surface area contributed by atoms with Gasteiger partial charge in [0, 0.05) is 20.0 Å². The molecule has 0 aliphatic rings. The van der Waals surface area contributed by atoms with Gasteiger partial charge in [-0.3, -0.25) is 0 Å². The van der Waals surface area contributed by atoms with Gasteiger partial charge in [0.1, 0.15) is 0 Å². The maximum Gasteiger partial charge on any atom is 0.0301 e. The molecular weight excluding hydrogens is 190 g/mol. The second-order valence-corrected chi connectivity index (χ2v) is 5.45. The number of fused-ring (bicyclic) bond motifs is 1. The topological polar surface area (TPSA) is 0 Å². The fourth-order valence-electron chi connectivity index (χ4n) is 1.14. The molecule has 0 N–H and O–H groups in total. The van der Waals surface area contributed by atoms with Gasteiger partial charge in [0.05, 0.1) is 0 Å². The lowest BCUT2D eigenvalue weighted by molar-refractivity contribution is 1.86. The lowest BCUT2D eigenvalue weighted by Gasteiger charge is -1.88. The number of benzene rings is 1. The summed E-state index contributed by atoms with van der Waals surface area (Å²) in [5, 5.41) is 2.71. The van der Waals surface area contributed by atoms with Crippen LogP contribution in [0.15, 0.2) is 24.3 Å². The molecule has 0 amide bonds. The van der Waals surface area contributed by atoms with Gasteiger partial charge in [-0.15, -0.1) is 11.3 Å². The average Bonchev–Trinajstić information content (AvgIpc) is 2.30. The first-order valence-electron chi connectivity index (χ1n) is 3.31. The first-order chi connectivity index (χ1) is 5.29. The molecule has 0 aliphatic heterocycles. The van der Waals surface area contributed by atoms with Crippen LogP contribution in [0.4, 0.5) is 0 Å². The van der Waals surface area contributed by atoms with E-state index in [1.807, 2.05) is 11.3 Å². The van der Waals surface area contributed by atoms with Crippen LogP contribution in [0.5, 0.6) is 0 Å². The summed E-state index contributed by atoms with van der Waals surface area (Å²) in [4.78, 5) is 0. The Bertz CT molecular complexity index is 356. The second-order valence-electron chi connectivity index (χ2n) is 2.38. The fourth-order valence-corrected chi connectivity index (χ4v) is 3.63. The predicted molar refractivity (Wildman–Crippen MR) is 60.5 cm³/mol. The first-order valence-corrected chi connectivity index (χ1v) is 5.28. The van der Waals surface area contributed by atoms with Gasteiger partial charge < -0.3 is 0 Å². The van der Waals surface area contributed by atoms with Crippen LogP contribution >= 0.6 is 29.8 Å². The van der Waals surface area contributed by atoms with Crippen LogP contribution in [-0.4, -0.2) is 0 Å². The smallest absolute Gasteiger partial charge is 0.0301 e. The van der Waals surface area contributed by atoms with Gasteiger partial charge in [-0.25, -0.2) is 0 Å². The van der Waals surface area contributed by atoms with Crippen molar-refractivity contribution in [3.05, 3.63) is 24.3 Å². The zero-order chi connectivity index (χ0) is 7.84. The molecule has 2 unspecified atom stereocenters. The molecule has 1 aromatic heterocycles. The van der Waals surface area contributed by atoms with Crippen molar-refractivity contribution in [2.75, 3.05) is 0 Å². The molecule has 56 valence electrons. The maximum absolute atomic E-state index is 2.77. The maximum atomic E-state index is 2.77. The van der Waals surface area contributed by atoms with Crippen LogP contribution in [0.2, 0.25) is 0 Å². The lowest BCUT2D eigenvalue weighted by Crippen LogP contribution is -1.78. The van der Waals surface area contributed by atoms with Crippen molar-refractivity contribution >= 4 is 49.8 Å². The molecule has 0 fully saturated rings. The quantitative estimate of drug-likeness (QED) is 0.567. The highest BCUT2D eigenvalue weighted by Crippen LogP contribution is 2.18. The Morgan fingerprint density at radius 1 is 0.909 bits per heavy atom. The molecule has 2 rings (SSSR count). The fraction of sp³-hybridized carbons (Fsp3) is 0. The number of rotatable bonds is 0. The van der Waals surface area contributed by atoms with Gasteiger partial charge in [-0.2, -0.15) is 0 Å². The summed E-state index contributed by atoms with van der Waals surface area (Å²) in [7, 11) is 5.54. The van der Waals surface area contributed by atoms with E-state index in [4.69, 9.17) is 0 Å². The Hall–Kier alpha value is 0.0400. The van der Waals surface area contributed by atoms with E-state index in [2.05, 4.69) is 42.7 Å². The summed E-state index contributed by atoms with van der Waals surface area (Å²) in [6, 6.07) is 8.46. The highest BCUT2D eigenvalue weighted by molar-refractivity contribution is 7.54. The normalized spacial score (nSPS) is 10.7. The van der Waals surface area contributed by atoms with Crippen molar-refractivity contribution < 1.29 is 0 Å². The van der Waals surface area contributed by atoms with E-state index in [-0.39, 0.29) is 0 Å². The molecule has 0 spiro atoms. The third kappa shape index (κ3) is 1.22. The Morgan fingerprint density at radius 3 is 1.82 bits per heavy atom. The molecule has 11 heavy (non-hydrogen) atoms. The molecule has 1 heterocycles. The van der Waals surface area contributed by atoms with E-state index in [9.17, 15) is 0 Å². The number of hydrogen-bond donors (Lipinski definition) is 0. The van der Waals surface area contributed by atoms with Crippen molar-refractivity contribution in [3.8, 4) is 0 Å². The minimum atomic E-state index is 1.32. The summed E-state index contributed by atoms with van der Waals surface area (Å²) in [6.45, 7) is 0. The highest BCUT2D eigenvalue weighted by atomic mass is 32.1. The standard InChI is InChI=1S/C8H8P2S/c9-7-5-3-1-2-4-6(5)8(10)11-7/h1-4H,9-10H2. The second kappa shape index (κ2) is 2.83. The van der Waals surface area contributed by atoms with E-state index < -0.39 is 0 Å². The monoisotopic (exact) mass is 198 g/mol.